The van der Waals surface area contributed by atoms with E-state index < -0.39 is 0 Å². The number of rotatable bonds is 5. The molecule has 1 aromatic rings. The lowest BCUT2D eigenvalue weighted by atomic mass is 10.3. The number of thiophene rings is 1. The molecule has 88 valence electrons. The van der Waals surface area contributed by atoms with Crippen LogP contribution >= 0.6 is 11.3 Å². The standard InChI is InChI=1S/C13H19NOS/c1-3-9-14(4-2)11-13-8-7-12(16-13)6-5-10-15/h7-8,15H,3-4,9-11H2,1-2H3. The predicted molar refractivity (Wildman–Crippen MR) is 69.5 cm³/mol. The quantitative estimate of drug-likeness (QED) is 0.795. The molecular weight excluding hydrogens is 218 g/mol. The summed E-state index contributed by atoms with van der Waals surface area (Å²) in [6.45, 7) is 7.57. The zero-order valence-electron chi connectivity index (χ0n) is 9.99. The highest BCUT2D eigenvalue weighted by atomic mass is 32.1. The monoisotopic (exact) mass is 237 g/mol. The molecule has 2 nitrogen and oxygen atoms in total. The predicted octanol–water partition coefficient (Wildman–Crippen LogP) is 2.32. The molecule has 0 aromatic carbocycles. The second-order valence-corrected chi connectivity index (χ2v) is 4.76. The van der Waals surface area contributed by atoms with E-state index >= 15 is 0 Å². The Morgan fingerprint density at radius 2 is 2.19 bits per heavy atom. The molecule has 0 radical (unpaired) electrons. The highest BCUT2D eigenvalue weighted by Crippen LogP contribution is 2.17. The zero-order valence-corrected chi connectivity index (χ0v) is 10.8. The molecule has 0 bridgehead atoms. The first-order chi connectivity index (χ1) is 7.80. The van der Waals surface area contributed by atoms with Gasteiger partial charge >= 0.3 is 0 Å². The summed E-state index contributed by atoms with van der Waals surface area (Å²) in [5.74, 6) is 5.61. The van der Waals surface area contributed by atoms with Crippen molar-refractivity contribution in [3.8, 4) is 11.8 Å². The highest BCUT2D eigenvalue weighted by Gasteiger charge is 2.04. The van der Waals surface area contributed by atoms with E-state index in [4.69, 9.17) is 5.11 Å². The summed E-state index contributed by atoms with van der Waals surface area (Å²) in [7, 11) is 0. The van der Waals surface area contributed by atoms with Gasteiger partial charge in [-0.25, -0.2) is 0 Å². The van der Waals surface area contributed by atoms with Gasteiger partial charge in [0, 0.05) is 11.4 Å². The van der Waals surface area contributed by atoms with Gasteiger partial charge in [0.15, 0.2) is 0 Å². The van der Waals surface area contributed by atoms with E-state index in [1.54, 1.807) is 11.3 Å². The topological polar surface area (TPSA) is 23.5 Å². The summed E-state index contributed by atoms with van der Waals surface area (Å²) >= 11 is 1.72. The number of aliphatic hydroxyl groups excluding tert-OH is 1. The average molecular weight is 237 g/mol. The van der Waals surface area contributed by atoms with Crippen molar-refractivity contribution < 1.29 is 5.11 Å². The molecule has 0 fully saturated rings. The first-order valence-corrected chi connectivity index (χ1v) is 6.52. The minimum absolute atomic E-state index is 0.0653. The van der Waals surface area contributed by atoms with E-state index in [-0.39, 0.29) is 6.61 Å². The molecule has 3 heteroatoms. The molecule has 0 aliphatic heterocycles. The lowest BCUT2D eigenvalue weighted by Crippen LogP contribution is -2.22. The van der Waals surface area contributed by atoms with Crippen LogP contribution in [-0.4, -0.2) is 29.7 Å². The smallest absolute Gasteiger partial charge is 0.104 e. The Labute approximate surface area is 102 Å². The van der Waals surface area contributed by atoms with Crippen LogP contribution in [0.3, 0.4) is 0 Å². The van der Waals surface area contributed by atoms with Crippen LogP contribution in [0.2, 0.25) is 0 Å². The Balaban J connectivity index is 2.56. The van der Waals surface area contributed by atoms with E-state index in [1.165, 1.54) is 11.3 Å². The van der Waals surface area contributed by atoms with Crippen LogP contribution in [-0.2, 0) is 6.54 Å². The second kappa shape index (κ2) is 7.45. The molecular formula is C13H19NOS. The van der Waals surface area contributed by atoms with Crippen molar-refractivity contribution in [2.45, 2.75) is 26.8 Å². The van der Waals surface area contributed by atoms with Crippen molar-refractivity contribution in [2.24, 2.45) is 0 Å². The lowest BCUT2D eigenvalue weighted by Gasteiger charge is -2.18. The van der Waals surface area contributed by atoms with Crippen molar-refractivity contribution >= 4 is 11.3 Å². The van der Waals surface area contributed by atoms with Crippen molar-refractivity contribution in [3.05, 3.63) is 21.9 Å². The molecule has 0 amide bonds. The number of hydrogen-bond acceptors (Lipinski definition) is 3. The van der Waals surface area contributed by atoms with E-state index in [0.29, 0.717) is 0 Å². The van der Waals surface area contributed by atoms with Crippen LogP contribution in [0.4, 0.5) is 0 Å². The number of aliphatic hydroxyl groups is 1. The maximum absolute atomic E-state index is 8.61. The summed E-state index contributed by atoms with van der Waals surface area (Å²) in [6, 6.07) is 4.16. The molecule has 1 aromatic heterocycles. The molecule has 0 atom stereocenters. The molecule has 16 heavy (non-hydrogen) atoms. The third-order valence-electron chi connectivity index (χ3n) is 2.32. The van der Waals surface area contributed by atoms with Gasteiger partial charge in [0.25, 0.3) is 0 Å². The molecule has 0 spiro atoms. The van der Waals surface area contributed by atoms with Crippen molar-refractivity contribution in [3.63, 3.8) is 0 Å². The lowest BCUT2D eigenvalue weighted by molar-refractivity contribution is 0.283. The van der Waals surface area contributed by atoms with Crippen LogP contribution in [0.15, 0.2) is 12.1 Å². The second-order valence-electron chi connectivity index (χ2n) is 3.59. The summed E-state index contributed by atoms with van der Waals surface area (Å²) in [5, 5.41) is 8.61. The van der Waals surface area contributed by atoms with E-state index in [0.717, 1.165) is 24.5 Å². The Hall–Kier alpha value is -0.820. The average Bonchev–Trinajstić information content (AvgIpc) is 2.73. The highest BCUT2D eigenvalue weighted by molar-refractivity contribution is 7.12. The van der Waals surface area contributed by atoms with Crippen LogP contribution in [0.25, 0.3) is 0 Å². The van der Waals surface area contributed by atoms with Gasteiger partial charge in [-0.1, -0.05) is 25.7 Å². The van der Waals surface area contributed by atoms with Gasteiger partial charge in [0.05, 0.1) is 4.88 Å². The Bertz CT molecular complexity index is 361. The van der Waals surface area contributed by atoms with Gasteiger partial charge in [0.1, 0.15) is 6.61 Å². The molecule has 0 aliphatic carbocycles. The zero-order chi connectivity index (χ0) is 11.8. The van der Waals surface area contributed by atoms with Crippen molar-refractivity contribution in [1.82, 2.24) is 4.90 Å². The van der Waals surface area contributed by atoms with Gasteiger partial charge in [-0.2, -0.15) is 0 Å². The van der Waals surface area contributed by atoms with Crippen LogP contribution in [0.5, 0.6) is 0 Å². The first kappa shape index (κ1) is 13.2. The van der Waals surface area contributed by atoms with E-state index in [9.17, 15) is 0 Å². The fourth-order valence-electron chi connectivity index (χ4n) is 1.54. The first-order valence-electron chi connectivity index (χ1n) is 5.71. The SMILES string of the molecule is CCCN(CC)Cc1ccc(C#CCO)s1. The third kappa shape index (κ3) is 4.36. The fourth-order valence-corrected chi connectivity index (χ4v) is 2.47. The molecule has 1 heterocycles. The summed E-state index contributed by atoms with van der Waals surface area (Å²) in [6.07, 6.45) is 1.19. The third-order valence-corrected chi connectivity index (χ3v) is 3.30. The minimum Gasteiger partial charge on any atom is -0.384 e. The van der Waals surface area contributed by atoms with Crippen LogP contribution in [0.1, 0.15) is 30.0 Å². The Morgan fingerprint density at radius 1 is 1.38 bits per heavy atom. The Kier molecular flexibility index (Phi) is 6.17. The van der Waals surface area contributed by atoms with Crippen molar-refractivity contribution in [1.29, 1.82) is 0 Å². The van der Waals surface area contributed by atoms with E-state index in [1.807, 2.05) is 6.07 Å². The molecule has 0 saturated carbocycles. The van der Waals surface area contributed by atoms with Gasteiger partial charge in [-0.05, 0) is 31.6 Å². The number of nitrogens with zero attached hydrogens (tertiary/aromatic N) is 1. The molecule has 0 saturated heterocycles. The fraction of sp³-hybridized carbons (Fsp3) is 0.538. The van der Waals surface area contributed by atoms with Gasteiger partial charge in [-0.3, -0.25) is 4.90 Å². The van der Waals surface area contributed by atoms with E-state index in [2.05, 4.69) is 36.7 Å². The van der Waals surface area contributed by atoms with Crippen LogP contribution in [0, 0.1) is 11.8 Å². The summed E-state index contributed by atoms with van der Waals surface area (Å²) in [5.41, 5.74) is 0. The Morgan fingerprint density at radius 3 is 2.81 bits per heavy atom. The molecule has 0 aliphatic rings. The maximum atomic E-state index is 8.61. The summed E-state index contributed by atoms with van der Waals surface area (Å²) in [4.78, 5) is 4.81. The van der Waals surface area contributed by atoms with Gasteiger partial charge < -0.3 is 5.11 Å². The largest absolute Gasteiger partial charge is 0.384 e. The molecule has 0 unspecified atom stereocenters. The molecule has 1 N–H and O–H groups in total. The number of hydrogen-bond donors (Lipinski definition) is 1. The normalized spacial score (nSPS) is 10.2. The van der Waals surface area contributed by atoms with Crippen molar-refractivity contribution in [2.75, 3.05) is 19.7 Å². The van der Waals surface area contributed by atoms with Crippen LogP contribution < -0.4 is 0 Å². The maximum Gasteiger partial charge on any atom is 0.104 e. The summed E-state index contributed by atoms with van der Waals surface area (Å²) < 4.78 is 0. The minimum atomic E-state index is -0.0653. The van der Waals surface area contributed by atoms with Gasteiger partial charge in [-0.15, -0.1) is 11.3 Å². The molecule has 1 rings (SSSR count). The van der Waals surface area contributed by atoms with Gasteiger partial charge in [0.2, 0.25) is 0 Å².